The van der Waals surface area contributed by atoms with Crippen LogP contribution in [0.1, 0.15) is 54.5 Å². The van der Waals surface area contributed by atoms with Crippen molar-refractivity contribution in [2.45, 2.75) is 47.5 Å². The molecule has 0 saturated heterocycles. The molecule has 0 aliphatic heterocycles. The maximum atomic E-state index is 5.98. The van der Waals surface area contributed by atoms with Crippen molar-refractivity contribution in [1.29, 1.82) is 0 Å². The normalized spacial score (nSPS) is 10.4. The molecule has 0 amide bonds. The summed E-state index contributed by atoms with van der Waals surface area (Å²) < 4.78 is 5.98. The predicted octanol–water partition coefficient (Wildman–Crippen LogP) is 6.87. The van der Waals surface area contributed by atoms with Gasteiger partial charge < -0.3 is 15.0 Å². The number of pyridine rings is 2. The lowest BCUT2D eigenvalue weighted by molar-refractivity contribution is 0.320. The number of benzene rings is 1. The molecule has 0 radical (unpaired) electrons. The number of aromatic nitrogens is 2. The third kappa shape index (κ3) is 10.0. The average Bonchev–Trinajstić information content (AvgIpc) is 2.88. The highest BCUT2D eigenvalue weighted by molar-refractivity contribution is 5.80. The number of nitrogens with one attached hydrogen (secondary N) is 2. The molecule has 0 fully saturated rings. The lowest BCUT2D eigenvalue weighted by Gasteiger charge is -2.24. The van der Waals surface area contributed by atoms with Crippen LogP contribution >= 0.6 is 0 Å². The molecular weight excluding hydrogens is 436 g/mol. The Bertz CT molecular complexity index is 1010. The number of ether oxygens (including phenoxy) is 1. The van der Waals surface area contributed by atoms with E-state index in [0.29, 0.717) is 24.8 Å². The Morgan fingerprint density at radius 2 is 1.80 bits per heavy atom. The van der Waals surface area contributed by atoms with Gasteiger partial charge in [0.15, 0.2) is 5.82 Å². The molecular formula is C28H44N6O. The maximum Gasteiger partial charge on any atom is 0.217 e. The van der Waals surface area contributed by atoms with Gasteiger partial charge >= 0.3 is 0 Å². The average molecular weight is 481 g/mol. The van der Waals surface area contributed by atoms with E-state index < -0.39 is 0 Å². The zero-order chi connectivity index (χ0) is 25.3. The molecule has 0 bridgehead atoms. The number of aryl methyl sites for hydroxylation is 1. The second-order valence-electron chi connectivity index (χ2n) is 7.81. The Labute approximate surface area is 213 Å². The molecule has 0 saturated carbocycles. The van der Waals surface area contributed by atoms with Gasteiger partial charge in [-0.15, -0.1) is 0 Å². The van der Waals surface area contributed by atoms with Gasteiger partial charge in [0, 0.05) is 40.0 Å². The molecule has 2 heterocycles. The van der Waals surface area contributed by atoms with Crippen molar-refractivity contribution in [3.8, 4) is 5.88 Å². The van der Waals surface area contributed by atoms with Gasteiger partial charge in [0.1, 0.15) is 12.4 Å². The molecule has 35 heavy (non-hydrogen) atoms. The summed E-state index contributed by atoms with van der Waals surface area (Å²) in [5, 5.41) is 7.64. The fourth-order valence-corrected chi connectivity index (χ4v) is 3.44. The third-order valence-corrected chi connectivity index (χ3v) is 4.90. The van der Waals surface area contributed by atoms with Crippen LogP contribution in [-0.2, 0) is 0 Å². The van der Waals surface area contributed by atoms with Gasteiger partial charge in [0.25, 0.3) is 0 Å². The van der Waals surface area contributed by atoms with Gasteiger partial charge in [0.2, 0.25) is 5.88 Å². The zero-order valence-electron chi connectivity index (χ0n) is 21.8. The van der Waals surface area contributed by atoms with Gasteiger partial charge in [-0.25, -0.2) is 4.98 Å². The van der Waals surface area contributed by atoms with Crippen LogP contribution in [0.4, 0.5) is 17.3 Å². The van der Waals surface area contributed by atoms with E-state index in [1.165, 1.54) is 5.56 Å². The highest BCUT2D eigenvalue weighted by Crippen LogP contribution is 2.24. The smallest absolute Gasteiger partial charge is 0.217 e. The Morgan fingerprint density at radius 1 is 1.00 bits per heavy atom. The number of rotatable bonds is 13. The second kappa shape index (κ2) is 16.1. The summed E-state index contributed by atoms with van der Waals surface area (Å²) in [6.07, 6.45) is 5.70. The van der Waals surface area contributed by atoms with Gasteiger partial charge in [-0.2, -0.15) is 10.1 Å². The molecule has 2 aromatic heterocycles. The molecule has 2 N–H and O–H groups in total. The van der Waals surface area contributed by atoms with E-state index in [0.717, 1.165) is 43.0 Å². The van der Waals surface area contributed by atoms with Crippen molar-refractivity contribution in [2.75, 3.05) is 41.9 Å². The van der Waals surface area contributed by atoms with Crippen LogP contribution in [0.5, 0.6) is 5.88 Å². The Balaban J connectivity index is 0.00000316. The fourth-order valence-electron chi connectivity index (χ4n) is 3.44. The number of anilines is 3. The molecule has 1 aromatic carbocycles. The first-order valence-corrected chi connectivity index (χ1v) is 12.6. The maximum absolute atomic E-state index is 5.98. The lowest BCUT2D eigenvalue weighted by Crippen LogP contribution is -2.25. The van der Waals surface area contributed by atoms with Crippen molar-refractivity contribution in [3.63, 3.8) is 0 Å². The molecule has 7 nitrogen and oxygen atoms in total. The van der Waals surface area contributed by atoms with Gasteiger partial charge in [-0.3, -0.25) is 5.43 Å². The standard InChI is InChI=1S/C26H34N6O.C2H6.2H2/c1-4-14-32(15-5-2)23-18-25(31-29-20-22-10-8-9-21(3)17-22)30-26(19-23)33-16-13-28-24-11-6-7-12-27-24;1-2;;/h6-12,17-20H,4-5,13-16H2,1-3H3,(H,27,28)(H,30,31);1-2H3;2*1H/b29-20+;;;. The summed E-state index contributed by atoms with van der Waals surface area (Å²) in [6.45, 7) is 13.5. The monoisotopic (exact) mass is 480 g/mol. The van der Waals surface area contributed by atoms with E-state index in [1.807, 2.05) is 56.3 Å². The van der Waals surface area contributed by atoms with Crippen molar-refractivity contribution < 1.29 is 7.59 Å². The third-order valence-electron chi connectivity index (χ3n) is 4.90. The minimum atomic E-state index is 0. The largest absolute Gasteiger partial charge is 0.476 e. The summed E-state index contributed by atoms with van der Waals surface area (Å²) >= 11 is 0. The minimum absolute atomic E-state index is 0. The molecule has 3 rings (SSSR count). The first kappa shape index (κ1) is 27.6. The van der Waals surface area contributed by atoms with E-state index in [-0.39, 0.29) is 2.85 Å². The van der Waals surface area contributed by atoms with E-state index in [2.05, 4.69) is 63.6 Å². The SMILES string of the molecule is CC.CCCN(CCC)c1cc(N/N=C/c2cccc(C)c2)nc(OCCNc2ccccn2)c1.[HH].[HH]. The van der Waals surface area contributed by atoms with Crippen LogP contribution in [0.15, 0.2) is 65.9 Å². The number of hydrogen-bond donors (Lipinski definition) is 2. The van der Waals surface area contributed by atoms with Gasteiger partial charge in [0.05, 0.1) is 12.8 Å². The summed E-state index contributed by atoms with van der Waals surface area (Å²) in [5.74, 6) is 2.05. The van der Waals surface area contributed by atoms with E-state index in [1.54, 1.807) is 12.4 Å². The van der Waals surface area contributed by atoms with Crippen molar-refractivity contribution in [3.05, 3.63) is 71.9 Å². The molecule has 0 aliphatic carbocycles. The molecule has 0 aliphatic rings. The van der Waals surface area contributed by atoms with E-state index in [9.17, 15) is 0 Å². The summed E-state index contributed by atoms with van der Waals surface area (Å²) in [7, 11) is 0. The second-order valence-corrected chi connectivity index (χ2v) is 7.81. The van der Waals surface area contributed by atoms with Crippen LogP contribution < -0.4 is 20.4 Å². The van der Waals surface area contributed by atoms with E-state index >= 15 is 0 Å². The molecule has 7 heteroatoms. The number of nitrogens with zero attached hydrogens (tertiary/aromatic N) is 4. The van der Waals surface area contributed by atoms with Crippen LogP contribution in [-0.4, -0.2) is 42.4 Å². The summed E-state index contributed by atoms with van der Waals surface area (Å²) in [5.41, 5.74) is 6.39. The molecule has 0 unspecified atom stereocenters. The lowest BCUT2D eigenvalue weighted by atomic mass is 10.2. The van der Waals surface area contributed by atoms with E-state index in [4.69, 9.17) is 4.74 Å². The summed E-state index contributed by atoms with van der Waals surface area (Å²) in [4.78, 5) is 11.2. The zero-order valence-corrected chi connectivity index (χ0v) is 21.8. The Morgan fingerprint density at radius 3 is 2.49 bits per heavy atom. The predicted molar refractivity (Wildman–Crippen MR) is 153 cm³/mol. The first-order chi connectivity index (χ1) is 17.2. The Kier molecular flexibility index (Phi) is 12.7. The van der Waals surface area contributed by atoms with Crippen molar-refractivity contribution >= 4 is 23.5 Å². The minimum Gasteiger partial charge on any atom is -0.476 e. The highest BCUT2D eigenvalue weighted by Gasteiger charge is 2.10. The topological polar surface area (TPSA) is 74.7 Å². The van der Waals surface area contributed by atoms with Gasteiger partial charge in [-0.05, 0) is 37.5 Å². The Hall–Kier alpha value is -3.61. The fraction of sp³-hybridized carbons (Fsp3) is 0.393. The first-order valence-electron chi connectivity index (χ1n) is 12.6. The quantitative estimate of drug-likeness (QED) is 0.158. The molecule has 0 spiro atoms. The molecule has 0 atom stereocenters. The molecule has 3 aromatic rings. The van der Waals surface area contributed by atoms with Crippen LogP contribution in [0.3, 0.4) is 0 Å². The number of hydrogen-bond acceptors (Lipinski definition) is 7. The van der Waals surface area contributed by atoms with Crippen LogP contribution in [0.2, 0.25) is 0 Å². The summed E-state index contributed by atoms with van der Waals surface area (Å²) in [6, 6.07) is 18.0. The highest BCUT2D eigenvalue weighted by atomic mass is 16.5. The molecule has 192 valence electrons. The van der Waals surface area contributed by atoms with Crippen molar-refractivity contribution in [2.24, 2.45) is 5.10 Å². The van der Waals surface area contributed by atoms with Gasteiger partial charge in [-0.1, -0.05) is 63.6 Å². The van der Waals surface area contributed by atoms with Crippen LogP contribution in [0.25, 0.3) is 0 Å². The van der Waals surface area contributed by atoms with Crippen LogP contribution in [0, 0.1) is 6.92 Å². The van der Waals surface area contributed by atoms with Crippen molar-refractivity contribution in [1.82, 2.24) is 9.97 Å². The number of hydrazone groups is 1.